The molecule has 1 N–H and O–H groups in total. The number of aryl methyl sites for hydroxylation is 1. The van der Waals surface area contributed by atoms with Gasteiger partial charge in [-0.05, 0) is 31.2 Å². The molecule has 1 aromatic rings. The van der Waals surface area contributed by atoms with Crippen molar-refractivity contribution < 1.29 is 19.1 Å². The van der Waals surface area contributed by atoms with E-state index in [1.807, 2.05) is 38.1 Å². The molecule has 3 amide bonds. The second-order valence-electron chi connectivity index (χ2n) is 7.09. The number of nitrogens with zero attached hydrogens (tertiary/aromatic N) is 1. The number of urea groups is 1. The smallest absolute Gasteiger partial charge is 0.326 e. The van der Waals surface area contributed by atoms with Crippen LogP contribution in [0.25, 0.3) is 0 Å². The van der Waals surface area contributed by atoms with Crippen LogP contribution < -0.4 is 5.32 Å². The Bertz CT molecular complexity index is 702. The van der Waals surface area contributed by atoms with Gasteiger partial charge in [0.15, 0.2) is 0 Å². The van der Waals surface area contributed by atoms with Crippen LogP contribution in [-0.2, 0) is 20.9 Å². The van der Waals surface area contributed by atoms with E-state index in [4.69, 9.17) is 4.74 Å². The molecule has 0 unspecified atom stereocenters. The largest absolute Gasteiger partial charge is 0.459 e. The Kier molecular flexibility index (Phi) is 4.79. The molecule has 0 aromatic heterocycles. The number of amides is 3. The molecule has 1 aliphatic carbocycles. The van der Waals surface area contributed by atoms with Gasteiger partial charge in [0, 0.05) is 0 Å². The van der Waals surface area contributed by atoms with Gasteiger partial charge >= 0.3 is 12.0 Å². The molecule has 0 radical (unpaired) electrons. The van der Waals surface area contributed by atoms with Crippen LogP contribution in [0.5, 0.6) is 0 Å². The predicted octanol–water partition coefficient (Wildman–Crippen LogP) is 2.54. The average Bonchev–Trinajstić information content (AvgIpc) is 2.81. The number of carbonyl (C=O) groups is 3. The zero-order valence-corrected chi connectivity index (χ0v) is 14.7. The summed E-state index contributed by atoms with van der Waals surface area (Å²) in [5, 5.41) is 2.84. The zero-order chi connectivity index (χ0) is 18.0. The zero-order valence-electron chi connectivity index (χ0n) is 14.7. The van der Waals surface area contributed by atoms with Crippen molar-refractivity contribution in [1.29, 1.82) is 0 Å². The first kappa shape index (κ1) is 17.5. The SMILES string of the molecule is Cc1cccc(COC(=O)CN2C(=O)N[C@@]3(CCCC[C@H]3C)C2=O)c1. The highest BCUT2D eigenvalue weighted by Crippen LogP contribution is 2.38. The maximum atomic E-state index is 12.8. The standard InChI is InChI=1S/C19H24N2O4/c1-13-6-5-8-15(10-13)12-25-16(22)11-21-17(23)19(20-18(21)24)9-4-3-7-14(19)2/h5-6,8,10,14H,3-4,7,9,11-12H2,1-2H3,(H,20,24)/t14-,19-/m1/s1. The van der Waals surface area contributed by atoms with Crippen LogP contribution in [0.3, 0.4) is 0 Å². The van der Waals surface area contributed by atoms with Gasteiger partial charge in [0.25, 0.3) is 5.91 Å². The van der Waals surface area contributed by atoms with Crippen LogP contribution in [-0.4, -0.2) is 34.9 Å². The number of imide groups is 1. The third kappa shape index (κ3) is 3.38. The Morgan fingerprint density at radius 1 is 1.36 bits per heavy atom. The van der Waals surface area contributed by atoms with Crippen molar-refractivity contribution in [3.63, 3.8) is 0 Å². The van der Waals surface area contributed by atoms with Crippen molar-refractivity contribution >= 4 is 17.9 Å². The molecule has 1 saturated carbocycles. The molecule has 6 nitrogen and oxygen atoms in total. The highest BCUT2D eigenvalue weighted by atomic mass is 16.5. The number of ether oxygens (including phenoxy) is 1. The van der Waals surface area contributed by atoms with Crippen LogP contribution in [0.15, 0.2) is 24.3 Å². The van der Waals surface area contributed by atoms with Gasteiger partial charge in [-0.15, -0.1) is 0 Å². The topological polar surface area (TPSA) is 75.7 Å². The van der Waals surface area contributed by atoms with Crippen molar-refractivity contribution in [2.75, 3.05) is 6.54 Å². The summed E-state index contributed by atoms with van der Waals surface area (Å²) < 4.78 is 5.23. The van der Waals surface area contributed by atoms with E-state index >= 15 is 0 Å². The summed E-state index contributed by atoms with van der Waals surface area (Å²) in [6.07, 6.45) is 3.50. The van der Waals surface area contributed by atoms with E-state index in [0.717, 1.165) is 35.3 Å². The van der Waals surface area contributed by atoms with Crippen LogP contribution >= 0.6 is 0 Å². The summed E-state index contributed by atoms with van der Waals surface area (Å²) in [7, 11) is 0. The number of esters is 1. The molecule has 0 bridgehead atoms. The van der Waals surface area contributed by atoms with Gasteiger partial charge in [-0.3, -0.25) is 14.5 Å². The first-order valence-electron chi connectivity index (χ1n) is 8.77. The highest BCUT2D eigenvalue weighted by Gasteiger charge is 2.55. The predicted molar refractivity (Wildman–Crippen MR) is 91.6 cm³/mol. The number of hydrogen-bond acceptors (Lipinski definition) is 4. The molecule has 1 aliphatic heterocycles. The van der Waals surface area contributed by atoms with Crippen molar-refractivity contribution in [1.82, 2.24) is 10.2 Å². The number of benzene rings is 1. The van der Waals surface area contributed by atoms with Crippen LogP contribution in [0.4, 0.5) is 4.79 Å². The molecule has 2 fully saturated rings. The number of rotatable bonds is 4. The average molecular weight is 344 g/mol. The van der Waals surface area contributed by atoms with Crippen LogP contribution in [0.2, 0.25) is 0 Å². The molecular formula is C19H24N2O4. The third-order valence-corrected chi connectivity index (χ3v) is 5.27. The summed E-state index contributed by atoms with van der Waals surface area (Å²) in [4.78, 5) is 38.1. The number of carbonyl (C=O) groups excluding carboxylic acids is 3. The summed E-state index contributed by atoms with van der Waals surface area (Å²) >= 11 is 0. The van der Waals surface area contributed by atoms with Gasteiger partial charge in [0.05, 0.1) is 0 Å². The van der Waals surface area contributed by atoms with E-state index in [1.165, 1.54) is 0 Å². The normalized spacial score (nSPS) is 26.0. The third-order valence-electron chi connectivity index (χ3n) is 5.27. The second kappa shape index (κ2) is 6.86. The van der Waals surface area contributed by atoms with E-state index in [9.17, 15) is 14.4 Å². The maximum Gasteiger partial charge on any atom is 0.326 e. The van der Waals surface area contributed by atoms with Gasteiger partial charge in [-0.1, -0.05) is 49.6 Å². The summed E-state index contributed by atoms with van der Waals surface area (Å²) in [6, 6.07) is 7.16. The van der Waals surface area contributed by atoms with Crippen molar-refractivity contribution in [3.05, 3.63) is 35.4 Å². The van der Waals surface area contributed by atoms with Crippen molar-refractivity contribution in [3.8, 4) is 0 Å². The number of hydrogen-bond donors (Lipinski definition) is 1. The lowest BCUT2D eigenvalue weighted by Crippen LogP contribution is -2.54. The van der Waals surface area contributed by atoms with E-state index in [0.29, 0.717) is 6.42 Å². The van der Waals surface area contributed by atoms with Gasteiger partial charge < -0.3 is 10.1 Å². The molecule has 1 heterocycles. The van der Waals surface area contributed by atoms with E-state index in [1.54, 1.807) is 0 Å². The Hall–Kier alpha value is -2.37. The Morgan fingerprint density at radius 3 is 2.88 bits per heavy atom. The van der Waals surface area contributed by atoms with Gasteiger partial charge in [0.1, 0.15) is 18.7 Å². The van der Waals surface area contributed by atoms with Gasteiger partial charge in [-0.25, -0.2) is 4.79 Å². The molecule has 1 aromatic carbocycles. The molecule has 6 heteroatoms. The fraction of sp³-hybridized carbons (Fsp3) is 0.526. The van der Waals surface area contributed by atoms with Gasteiger partial charge in [-0.2, -0.15) is 0 Å². The van der Waals surface area contributed by atoms with E-state index < -0.39 is 17.5 Å². The van der Waals surface area contributed by atoms with Gasteiger partial charge in [0.2, 0.25) is 0 Å². The minimum Gasteiger partial charge on any atom is -0.459 e. The van der Waals surface area contributed by atoms with Crippen molar-refractivity contribution in [2.24, 2.45) is 5.92 Å². The molecule has 2 atom stereocenters. The molecular weight excluding hydrogens is 320 g/mol. The molecule has 25 heavy (non-hydrogen) atoms. The summed E-state index contributed by atoms with van der Waals surface area (Å²) in [5.41, 5.74) is 1.12. The second-order valence-corrected chi connectivity index (χ2v) is 7.09. The quantitative estimate of drug-likeness (QED) is 0.673. The minimum absolute atomic E-state index is 0.0750. The molecule has 1 saturated heterocycles. The first-order valence-corrected chi connectivity index (χ1v) is 8.77. The summed E-state index contributed by atoms with van der Waals surface area (Å²) in [6.45, 7) is 3.73. The maximum absolute atomic E-state index is 12.8. The highest BCUT2D eigenvalue weighted by molar-refractivity contribution is 6.08. The fourth-order valence-corrected chi connectivity index (χ4v) is 3.78. The van der Waals surface area contributed by atoms with Crippen molar-refractivity contribution in [2.45, 2.75) is 51.7 Å². The Labute approximate surface area is 147 Å². The lowest BCUT2D eigenvalue weighted by atomic mass is 9.73. The monoisotopic (exact) mass is 344 g/mol. The van der Waals surface area contributed by atoms with E-state index in [2.05, 4.69) is 5.32 Å². The minimum atomic E-state index is -0.841. The van der Waals surface area contributed by atoms with E-state index in [-0.39, 0.29) is 25.0 Å². The molecule has 3 rings (SSSR count). The van der Waals surface area contributed by atoms with Crippen LogP contribution in [0, 0.1) is 12.8 Å². The van der Waals surface area contributed by atoms with Crippen LogP contribution in [0.1, 0.15) is 43.7 Å². The molecule has 2 aliphatic rings. The Balaban J connectivity index is 1.61. The number of nitrogens with one attached hydrogen (secondary N) is 1. The lowest BCUT2D eigenvalue weighted by molar-refractivity contribution is -0.149. The molecule has 1 spiro atoms. The Morgan fingerprint density at radius 2 is 2.16 bits per heavy atom. The fourth-order valence-electron chi connectivity index (χ4n) is 3.78. The molecule has 134 valence electrons. The lowest BCUT2D eigenvalue weighted by Gasteiger charge is -2.36. The summed E-state index contributed by atoms with van der Waals surface area (Å²) in [5.74, 6) is -0.797. The first-order chi connectivity index (χ1) is 11.9.